The maximum absolute atomic E-state index is 11.8. The van der Waals surface area contributed by atoms with E-state index in [1.807, 2.05) is 0 Å². The lowest BCUT2D eigenvalue weighted by molar-refractivity contribution is 0.0979. The predicted molar refractivity (Wildman–Crippen MR) is 60.7 cm³/mol. The van der Waals surface area contributed by atoms with Crippen LogP contribution in [0.5, 0.6) is 0 Å². The summed E-state index contributed by atoms with van der Waals surface area (Å²) in [4.78, 5) is 15.3. The van der Waals surface area contributed by atoms with Crippen LogP contribution in [0.1, 0.15) is 59.4 Å². The van der Waals surface area contributed by atoms with Crippen LogP contribution < -0.4 is 0 Å². The Morgan fingerprint density at radius 2 is 2.25 bits per heavy atom. The van der Waals surface area contributed by atoms with Gasteiger partial charge in [-0.05, 0) is 25.7 Å². The molecule has 2 aliphatic rings. The highest BCUT2D eigenvalue weighted by Crippen LogP contribution is 2.40. The van der Waals surface area contributed by atoms with Crippen LogP contribution in [0.15, 0.2) is 0 Å². The molecule has 0 aromatic carbocycles. The van der Waals surface area contributed by atoms with Crippen molar-refractivity contribution in [1.82, 2.24) is 4.98 Å². The highest BCUT2D eigenvalue weighted by Gasteiger charge is 2.30. The first-order valence-electron chi connectivity index (χ1n) is 6.09. The van der Waals surface area contributed by atoms with Crippen molar-refractivity contribution in [1.29, 1.82) is 0 Å². The van der Waals surface area contributed by atoms with Crippen LogP contribution in [0.25, 0.3) is 0 Å². The molecule has 0 unspecified atom stereocenters. The number of H-pyrrole nitrogens is 1. The van der Waals surface area contributed by atoms with Crippen LogP contribution in [-0.4, -0.2) is 17.4 Å². The first-order valence-corrected chi connectivity index (χ1v) is 6.09. The van der Waals surface area contributed by atoms with Crippen molar-refractivity contribution in [3.8, 4) is 0 Å². The number of aromatic nitrogens is 1. The lowest BCUT2D eigenvalue weighted by Crippen LogP contribution is -2.13. The van der Waals surface area contributed by atoms with Gasteiger partial charge >= 0.3 is 0 Å². The molecule has 1 aromatic heterocycles. The normalized spacial score (nSPS) is 20.3. The van der Waals surface area contributed by atoms with Crippen LogP contribution in [-0.2, 0) is 17.8 Å². The number of hydrogen-bond donors (Lipinski definition) is 1. The van der Waals surface area contributed by atoms with Crippen LogP contribution in [0.4, 0.5) is 0 Å². The summed E-state index contributed by atoms with van der Waals surface area (Å²) in [6, 6.07) is 0. The summed E-state index contributed by atoms with van der Waals surface area (Å²) >= 11 is 0. The van der Waals surface area contributed by atoms with E-state index in [0.717, 1.165) is 24.2 Å². The predicted octanol–water partition coefficient (Wildman–Crippen LogP) is 2.56. The summed E-state index contributed by atoms with van der Waals surface area (Å²) in [5.74, 6) is 0.773. The highest BCUT2D eigenvalue weighted by atomic mass is 16.5. The van der Waals surface area contributed by atoms with Gasteiger partial charge in [-0.1, -0.05) is 6.42 Å². The summed E-state index contributed by atoms with van der Waals surface area (Å²) in [5, 5.41) is 0. The number of ketones is 1. The van der Waals surface area contributed by atoms with E-state index < -0.39 is 0 Å². The molecule has 0 saturated heterocycles. The minimum atomic E-state index is 0.185. The SMILES string of the molecule is CC(=O)c1c(C2CCC2)[nH]c2c1COCC2. The van der Waals surface area contributed by atoms with Gasteiger partial charge in [0.05, 0.1) is 13.2 Å². The molecule has 1 aliphatic carbocycles. The fourth-order valence-corrected chi connectivity index (χ4v) is 2.74. The first kappa shape index (κ1) is 10.1. The van der Waals surface area contributed by atoms with Crippen molar-refractivity contribution in [3.05, 3.63) is 22.5 Å². The van der Waals surface area contributed by atoms with Gasteiger partial charge in [-0.2, -0.15) is 0 Å². The second-order valence-corrected chi connectivity index (χ2v) is 4.86. The molecule has 86 valence electrons. The molecule has 0 radical (unpaired) electrons. The molecule has 1 aliphatic heterocycles. The Balaban J connectivity index is 2.08. The minimum absolute atomic E-state index is 0.185. The maximum atomic E-state index is 11.8. The molecule has 1 aromatic rings. The van der Waals surface area contributed by atoms with Crippen molar-refractivity contribution in [2.45, 2.75) is 45.1 Å². The minimum Gasteiger partial charge on any atom is -0.376 e. The largest absolute Gasteiger partial charge is 0.376 e. The smallest absolute Gasteiger partial charge is 0.161 e. The third-order valence-corrected chi connectivity index (χ3v) is 3.83. The van der Waals surface area contributed by atoms with Crippen LogP contribution in [0.2, 0.25) is 0 Å². The van der Waals surface area contributed by atoms with Gasteiger partial charge in [0.1, 0.15) is 0 Å². The van der Waals surface area contributed by atoms with Crippen LogP contribution in [0, 0.1) is 0 Å². The number of fused-ring (bicyclic) bond motifs is 1. The Labute approximate surface area is 95.2 Å². The summed E-state index contributed by atoms with van der Waals surface area (Å²) < 4.78 is 5.46. The fourth-order valence-electron chi connectivity index (χ4n) is 2.74. The van der Waals surface area contributed by atoms with Crippen molar-refractivity contribution < 1.29 is 9.53 Å². The van der Waals surface area contributed by atoms with E-state index in [0.29, 0.717) is 12.5 Å². The molecule has 1 fully saturated rings. The van der Waals surface area contributed by atoms with Gasteiger partial charge in [-0.15, -0.1) is 0 Å². The number of rotatable bonds is 2. The third-order valence-electron chi connectivity index (χ3n) is 3.83. The molecule has 1 saturated carbocycles. The van der Waals surface area contributed by atoms with E-state index in [9.17, 15) is 4.79 Å². The summed E-state index contributed by atoms with van der Waals surface area (Å²) in [5.41, 5.74) is 4.48. The van der Waals surface area contributed by atoms with Crippen molar-refractivity contribution in [2.75, 3.05) is 6.61 Å². The summed E-state index contributed by atoms with van der Waals surface area (Å²) in [6.07, 6.45) is 4.66. The molecule has 1 N–H and O–H groups in total. The summed E-state index contributed by atoms with van der Waals surface area (Å²) in [6.45, 7) is 3.04. The van der Waals surface area contributed by atoms with E-state index in [-0.39, 0.29) is 5.78 Å². The molecule has 0 bridgehead atoms. The zero-order valence-corrected chi connectivity index (χ0v) is 9.64. The molecule has 3 nitrogen and oxygen atoms in total. The number of nitrogens with one attached hydrogen (secondary N) is 1. The number of aromatic amines is 1. The van der Waals surface area contributed by atoms with Crippen LogP contribution in [0.3, 0.4) is 0 Å². The van der Waals surface area contributed by atoms with Gasteiger partial charge in [0, 0.05) is 28.9 Å². The third kappa shape index (κ3) is 1.42. The molecular formula is C13H17NO2. The zero-order valence-electron chi connectivity index (χ0n) is 9.64. The van der Waals surface area contributed by atoms with Gasteiger partial charge in [0.2, 0.25) is 0 Å². The Bertz CT molecular complexity index is 429. The quantitative estimate of drug-likeness (QED) is 0.777. The standard InChI is InChI=1S/C13H17NO2/c1-8(15)12-10-7-16-6-5-11(10)14-13(12)9-3-2-4-9/h9,14H,2-7H2,1H3. The van der Waals surface area contributed by atoms with Crippen molar-refractivity contribution in [3.63, 3.8) is 0 Å². The lowest BCUT2D eigenvalue weighted by atomic mass is 9.80. The Morgan fingerprint density at radius 3 is 2.88 bits per heavy atom. The Morgan fingerprint density at radius 1 is 1.44 bits per heavy atom. The lowest BCUT2D eigenvalue weighted by Gasteiger charge is -2.25. The number of ether oxygens (including phenoxy) is 1. The number of carbonyl (C=O) groups excluding carboxylic acids is 1. The monoisotopic (exact) mass is 219 g/mol. The Hall–Kier alpha value is -1.09. The number of Topliss-reactive ketones (excluding diaryl/α,β-unsaturated/α-hetero) is 1. The first-order chi connectivity index (χ1) is 7.77. The molecule has 0 amide bonds. The molecule has 2 heterocycles. The van der Waals surface area contributed by atoms with E-state index >= 15 is 0 Å². The maximum Gasteiger partial charge on any atom is 0.161 e. The average Bonchev–Trinajstić information content (AvgIpc) is 2.53. The molecule has 3 rings (SSSR count). The second kappa shape index (κ2) is 3.74. The van der Waals surface area contributed by atoms with Gasteiger partial charge in [-0.25, -0.2) is 0 Å². The van der Waals surface area contributed by atoms with E-state index in [2.05, 4.69) is 4.98 Å². The molecule has 16 heavy (non-hydrogen) atoms. The van der Waals surface area contributed by atoms with Gasteiger partial charge in [-0.3, -0.25) is 4.79 Å². The van der Waals surface area contributed by atoms with E-state index in [4.69, 9.17) is 4.74 Å². The van der Waals surface area contributed by atoms with Crippen molar-refractivity contribution >= 4 is 5.78 Å². The molecule has 3 heteroatoms. The van der Waals surface area contributed by atoms with Crippen LogP contribution >= 0.6 is 0 Å². The molecule has 0 spiro atoms. The van der Waals surface area contributed by atoms with Gasteiger partial charge in [0.25, 0.3) is 0 Å². The van der Waals surface area contributed by atoms with Gasteiger partial charge in [0.15, 0.2) is 5.78 Å². The second-order valence-electron chi connectivity index (χ2n) is 4.86. The average molecular weight is 219 g/mol. The number of carbonyl (C=O) groups is 1. The van der Waals surface area contributed by atoms with E-state index in [1.54, 1.807) is 6.92 Å². The topological polar surface area (TPSA) is 42.1 Å². The van der Waals surface area contributed by atoms with E-state index in [1.165, 1.54) is 30.7 Å². The molecule has 0 atom stereocenters. The number of hydrogen-bond acceptors (Lipinski definition) is 2. The zero-order chi connectivity index (χ0) is 11.1. The van der Waals surface area contributed by atoms with Crippen molar-refractivity contribution in [2.24, 2.45) is 0 Å². The van der Waals surface area contributed by atoms with Gasteiger partial charge < -0.3 is 9.72 Å². The summed E-state index contributed by atoms with van der Waals surface area (Å²) in [7, 11) is 0. The fraction of sp³-hybridized carbons (Fsp3) is 0.615. The molecular weight excluding hydrogens is 202 g/mol. The Kier molecular flexibility index (Phi) is 2.36. The highest BCUT2D eigenvalue weighted by molar-refractivity contribution is 5.97.